The normalized spacial score (nSPS) is 8.73. The van der Waals surface area contributed by atoms with Gasteiger partial charge < -0.3 is 15.3 Å². The van der Waals surface area contributed by atoms with Crippen molar-refractivity contribution in [1.29, 1.82) is 0 Å². The standard InChI is InChI=1S/C6H8BN2O2/c1-2-3-9(7-5-10)4-6(8)11/h1,5H,3-4H2,(H2,8,11). The second-order valence-electron chi connectivity index (χ2n) is 1.86. The number of terminal acetylenes is 1. The van der Waals surface area contributed by atoms with Gasteiger partial charge in [0, 0.05) is 0 Å². The minimum atomic E-state index is -0.515. The Morgan fingerprint density at radius 1 is 1.82 bits per heavy atom. The van der Waals surface area contributed by atoms with Crippen molar-refractivity contribution in [2.24, 2.45) is 5.73 Å². The maximum atomic E-state index is 10.3. The van der Waals surface area contributed by atoms with Crippen molar-refractivity contribution in [3.8, 4) is 12.3 Å². The highest BCUT2D eigenvalue weighted by atomic mass is 16.1. The quantitative estimate of drug-likeness (QED) is 0.287. The molecule has 0 aliphatic heterocycles. The molecule has 0 aliphatic carbocycles. The molecule has 11 heavy (non-hydrogen) atoms. The Hall–Kier alpha value is -1.28. The first-order valence-electron chi connectivity index (χ1n) is 2.95. The lowest BCUT2D eigenvalue weighted by atomic mass is 9.94. The van der Waals surface area contributed by atoms with Gasteiger partial charge in [-0.25, -0.2) is 0 Å². The van der Waals surface area contributed by atoms with Crippen molar-refractivity contribution in [2.45, 2.75) is 0 Å². The Labute approximate surface area is 66.0 Å². The topological polar surface area (TPSA) is 63.4 Å². The first-order valence-corrected chi connectivity index (χ1v) is 2.95. The number of amides is 1. The summed E-state index contributed by atoms with van der Waals surface area (Å²) in [6, 6.07) is 0. The van der Waals surface area contributed by atoms with Gasteiger partial charge in [-0.2, -0.15) is 0 Å². The molecule has 0 atom stereocenters. The number of rotatable bonds is 5. The fourth-order valence-corrected chi connectivity index (χ4v) is 0.565. The van der Waals surface area contributed by atoms with Crippen LogP contribution in [0.2, 0.25) is 0 Å². The molecule has 0 saturated heterocycles. The lowest BCUT2D eigenvalue weighted by Gasteiger charge is -2.12. The van der Waals surface area contributed by atoms with Crippen molar-refractivity contribution in [2.75, 3.05) is 13.1 Å². The second-order valence-corrected chi connectivity index (χ2v) is 1.86. The average molecular weight is 151 g/mol. The van der Waals surface area contributed by atoms with Crippen molar-refractivity contribution in [1.82, 2.24) is 4.81 Å². The van der Waals surface area contributed by atoms with Crippen LogP contribution in [0.5, 0.6) is 0 Å². The molecule has 0 heterocycles. The highest BCUT2D eigenvalue weighted by Crippen LogP contribution is 1.80. The molecule has 1 amide bonds. The van der Waals surface area contributed by atoms with Crippen LogP contribution in [-0.2, 0) is 9.59 Å². The maximum absolute atomic E-state index is 10.3. The summed E-state index contributed by atoms with van der Waals surface area (Å²) in [6.45, 7) is 0.185. The fraction of sp³-hybridized carbons (Fsp3) is 0.333. The van der Waals surface area contributed by atoms with Crippen LogP contribution in [-0.4, -0.2) is 37.4 Å². The summed E-state index contributed by atoms with van der Waals surface area (Å²) in [5, 5.41) is 0. The molecule has 2 N–H and O–H groups in total. The first kappa shape index (κ1) is 9.72. The summed E-state index contributed by atoms with van der Waals surface area (Å²) in [7, 11) is 1.19. The van der Waals surface area contributed by atoms with Gasteiger partial charge in [0.15, 0.2) is 0 Å². The molecular weight excluding hydrogens is 143 g/mol. The third-order valence-corrected chi connectivity index (χ3v) is 0.925. The van der Waals surface area contributed by atoms with Crippen LogP contribution < -0.4 is 5.73 Å². The number of carbonyl (C=O) groups excluding carboxylic acids is 2. The Bertz CT molecular complexity index is 188. The minimum Gasteiger partial charge on any atom is -0.369 e. The monoisotopic (exact) mass is 151 g/mol. The zero-order chi connectivity index (χ0) is 8.69. The van der Waals surface area contributed by atoms with E-state index < -0.39 is 5.91 Å². The molecule has 0 spiro atoms. The van der Waals surface area contributed by atoms with Crippen LogP contribution in [0.1, 0.15) is 0 Å². The summed E-state index contributed by atoms with van der Waals surface area (Å²) in [5.74, 6) is 1.77. The predicted octanol–water partition coefficient (Wildman–Crippen LogP) is -1.78. The molecule has 0 fully saturated rings. The number of nitrogens with two attached hydrogens (primary N) is 1. The maximum Gasteiger partial charge on any atom is 0.294 e. The number of hydrogen-bond acceptors (Lipinski definition) is 3. The van der Waals surface area contributed by atoms with Crippen LogP contribution >= 0.6 is 0 Å². The molecule has 0 aromatic carbocycles. The smallest absolute Gasteiger partial charge is 0.294 e. The molecule has 0 rings (SSSR count). The van der Waals surface area contributed by atoms with Gasteiger partial charge in [0.1, 0.15) is 0 Å². The second kappa shape index (κ2) is 5.51. The zero-order valence-electron chi connectivity index (χ0n) is 5.99. The van der Waals surface area contributed by atoms with E-state index in [1.54, 1.807) is 0 Å². The minimum absolute atomic E-state index is 0.0249. The lowest BCUT2D eigenvalue weighted by molar-refractivity contribution is -0.118. The van der Waals surface area contributed by atoms with Gasteiger partial charge >= 0.3 is 0 Å². The van der Waals surface area contributed by atoms with Crippen LogP contribution in [0.15, 0.2) is 0 Å². The van der Waals surface area contributed by atoms with Gasteiger partial charge in [-0.05, 0) is 0 Å². The van der Waals surface area contributed by atoms with Gasteiger partial charge in [-0.1, -0.05) is 5.92 Å². The van der Waals surface area contributed by atoms with E-state index in [9.17, 15) is 9.59 Å². The van der Waals surface area contributed by atoms with Crippen LogP contribution in [0.25, 0.3) is 0 Å². The van der Waals surface area contributed by atoms with Crippen LogP contribution in [0.4, 0.5) is 0 Å². The Kier molecular flexibility index (Phi) is 4.87. The predicted molar refractivity (Wildman–Crippen MR) is 42.1 cm³/mol. The molecule has 0 aromatic heterocycles. The molecule has 0 aromatic rings. The molecule has 57 valence electrons. The fourth-order valence-electron chi connectivity index (χ4n) is 0.565. The number of nitrogens with zero attached hydrogens (tertiary/aromatic N) is 1. The van der Waals surface area contributed by atoms with E-state index in [1.165, 1.54) is 12.2 Å². The summed E-state index contributed by atoms with van der Waals surface area (Å²) in [4.78, 5) is 21.6. The third-order valence-electron chi connectivity index (χ3n) is 0.925. The van der Waals surface area contributed by atoms with E-state index in [1.807, 2.05) is 0 Å². The van der Waals surface area contributed by atoms with E-state index in [0.29, 0.717) is 6.19 Å². The lowest BCUT2D eigenvalue weighted by Crippen LogP contribution is -2.37. The van der Waals surface area contributed by atoms with Gasteiger partial charge in [-0.15, -0.1) is 6.42 Å². The van der Waals surface area contributed by atoms with Gasteiger partial charge in [0.2, 0.25) is 5.91 Å². The van der Waals surface area contributed by atoms with E-state index in [0.717, 1.165) is 0 Å². The van der Waals surface area contributed by atoms with Crippen LogP contribution in [0.3, 0.4) is 0 Å². The Morgan fingerprint density at radius 3 is 2.82 bits per heavy atom. The number of carbonyl (C=O) groups is 2. The molecule has 0 bridgehead atoms. The molecule has 0 aliphatic rings. The van der Waals surface area contributed by atoms with E-state index >= 15 is 0 Å². The molecule has 4 nitrogen and oxygen atoms in total. The van der Waals surface area contributed by atoms with Crippen molar-refractivity contribution in [3.05, 3.63) is 0 Å². The zero-order valence-corrected chi connectivity index (χ0v) is 5.99. The number of hydrogen-bond donors (Lipinski definition) is 1. The summed E-state index contributed by atoms with van der Waals surface area (Å²) >= 11 is 0. The molecule has 0 unspecified atom stereocenters. The Balaban J connectivity index is 3.79. The van der Waals surface area contributed by atoms with Gasteiger partial charge in [-0.3, -0.25) is 4.79 Å². The summed E-state index contributed by atoms with van der Waals surface area (Å²) in [5.41, 5.74) is 4.87. The van der Waals surface area contributed by atoms with Crippen molar-refractivity contribution < 1.29 is 9.59 Å². The van der Waals surface area contributed by atoms with E-state index in [4.69, 9.17) is 12.2 Å². The highest BCUT2D eigenvalue weighted by molar-refractivity contribution is 6.64. The average Bonchev–Trinajstić information content (AvgIpc) is 1.87. The van der Waals surface area contributed by atoms with E-state index in [2.05, 4.69) is 5.92 Å². The Morgan fingerprint density at radius 2 is 2.45 bits per heavy atom. The van der Waals surface area contributed by atoms with E-state index in [-0.39, 0.29) is 13.1 Å². The molecule has 0 saturated carbocycles. The summed E-state index contributed by atoms with van der Waals surface area (Å²) in [6.07, 6.45) is 5.51. The van der Waals surface area contributed by atoms with Crippen LogP contribution in [0, 0.1) is 12.3 Å². The van der Waals surface area contributed by atoms with Crippen molar-refractivity contribution in [3.63, 3.8) is 0 Å². The van der Waals surface area contributed by atoms with Gasteiger partial charge in [0.05, 0.1) is 19.3 Å². The van der Waals surface area contributed by atoms with Gasteiger partial charge in [0.25, 0.3) is 7.41 Å². The largest absolute Gasteiger partial charge is 0.369 e. The SMILES string of the molecule is C#CCN([B]C=O)CC(N)=O. The summed E-state index contributed by atoms with van der Waals surface area (Å²) < 4.78 is 0. The molecule has 1 radical (unpaired) electrons. The number of primary amides is 1. The molecule has 5 heteroatoms. The first-order chi connectivity index (χ1) is 5.20. The molecular formula is C6H8BN2O2. The van der Waals surface area contributed by atoms with Crippen molar-refractivity contribution >= 4 is 19.5 Å². The highest BCUT2D eigenvalue weighted by Gasteiger charge is 2.06. The third kappa shape index (κ3) is 5.18.